The number of aliphatic carboxylic acids is 1. The zero-order chi connectivity index (χ0) is 13.4. The normalized spacial score (nSPS) is 14.4. The first-order chi connectivity index (χ1) is 7.86. The van der Waals surface area contributed by atoms with Gasteiger partial charge in [0.05, 0.1) is 19.1 Å². The lowest BCUT2D eigenvalue weighted by Gasteiger charge is -2.20. The van der Waals surface area contributed by atoms with Gasteiger partial charge >= 0.3 is 5.97 Å². The maximum atomic E-state index is 11.5. The highest BCUT2D eigenvalue weighted by Crippen LogP contribution is 1.97. The fourth-order valence-corrected chi connectivity index (χ4v) is 1.47. The van der Waals surface area contributed by atoms with Crippen molar-refractivity contribution in [1.82, 2.24) is 10.2 Å². The summed E-state index contributed by atoms with van der Waals surface area (Å²) in [6, 6.07) is -0.0437. The second-order valence-electron chi connectivity index (χ2n) is 4.36. The summed E-state index contributed by atoms with van der Waals surface area (Å²) in [6.07, 6.45) is 0. The van der Waals surface area contributed by atoms with Crippen molar-refractivity contribution in [2.24, 2.45) is 5.92 Å². The minimum absolute atomic E-state index is 0.0437. The lowest BCUT2D eigenvalue weighted by molar-refractivity contribution is -0.142. The van der Waals surface area contributed by atoms with E-state index in [0.29, 0.717) is 13.2 Å². The van der Waals surface area contributed by atoms with Crippen LogP contribution in [0, 0.1) is 5.92 Å². The van der Waals surface area contributed by atoms with Gasteiger partial charge in [0.1, 0.15) is 0 Å². The number of rotatable bonds is 8. The molecular weight excluding hydrogens is 224 g/mol. The summed E-state index contributed by atoms with van der Waals surface area (Å²) in [5.41, 5.74) is 0. The molecule has 2 unspecified atom stereocenters. The van der Waals surface area contributed by atoms with Crippen molar-refractivity contribution in [3.63, 3.8) is 0 Å². The maximum Gasteiger partial charge on any atom is 0.307 e. The predicted molar refractivity (Wildman–Crippen MR) is 63.8 cm³/mol. The Hall–Kier alpha value is -1.14. The third kappa shape index (κ3) is 7.70. The molecule has 2 atom stereocenters. The fourth-order valence-electron chi connectivity index (χ4n) is 1.47. The number of nitrogens with zero attached hydrogens (tertiary/aromatic N) is 1. The lowest BCUT2D eigenvalue weighted by Crippen LogP contribution is -2.42. The SMILES string of the molecule is COCC(C)NC(=O)CN(C)CC(C)C(=O)O. The highest BCUT2D eigenvalue weighted by Gasteiger charge is 2.16. The van der Waals surface area contributed by atoms with Gasteiger partial charge in [-0.15, -0.1) is 0 Å². The monoisotopic (exact) mass is 246 g/mol. The van der Waals surface area contributed by atoms with Crippen molar-refractivity contribution in [1.29, 1.82) is 0 Å². The average molecular weight is 246 g/mol. The van der Waals surface area contributed by atoms with Gasteiger partial charge in [0.25, 0.3) is 0 Å². The smallest absolute Gasteiger partial charge is 0.307 e. The molecule has 0 spiro atoms. The average Bonchev–Trinajstić information content (AvgIpc) is 2.16. The molecule has 2 N–H and O–H groups in total. The van der Waals surface area contributed by atoms with E-state index in [9.17, 15) is 9.59 Å². The van der Waals surface area contributed by atoms with Crippen LogP contribution >= 0.6 is 0 Å². The molecule has 0 aliphatic rings. The van der Waals surface area contributed by atoms with Crippen LogP contribution in [0.5, 0.6) is 0 Å². The zero-order valence-corrected chi connectivity index (χ0v) is 10.9. The van der Waals surface area contributed by atoms with Gasteiger partial charge in [-0.25, -0.2) is 0 Å². The Balaban J connectivity index is 3.91. The zero-order valence-electron chi connectivity index (χ0n) is 10.9. The first-order valence-electron chi connectivity index (χ1n) is 5.56. The van der Waals surface area contributed by atoms with Crippen molar-refractivity contribution < 1.29 is 19.4 Å². The number of carbonyl (C=O) groups is 2. The van der Waals surface area contributed by atoms with Crippen LogP contribution in [-0.2, 0) is 14.3 Å². The largest absolute Gasteiger partial charge is 0.481 e. The van der Waals surface area contributed by atoms with Crippen LogP contribution in [0.1, 0.15) is 13.8 Å². The summed E-state index contributed by atoms with van der Waals surface area (Å²) in [5, 5.41) is 11.5. The van der Waals surface area contributed by atoms with E-state index in [4.69, 9.17) is 9.84 Å². The molecule has 100 valence electrons. The second kappa shape index (κ2) is 8.03. The molecule has 0 bridgehead atoms. The Morgan fingerprint density at radius 1 is 1.41 bits per heavy atom. The molecule has 17 heavy (non-hydrogen) atoms. The topological polar surface area (TPSA) is 78.9 Å². The third-order valence-corrected chi connectivity index (χ3v) is 2.24. The van der Waals surface area contributed by atoms with Crippen LogP contribution in [0.4, 0.5) is 0 Å². The first-order valence-corrected chi connectivity index (χ1v) is 5.56. The van der Waals surface area contributed by atoms with Gasteiger partial charge in [0.15, 0.2) is 0 Å². The molecule has 1 amide bonds. The fraction of sp³-hybridized carbons (Fsp3) is 0.818. The minimum Gasteiger partial charge on any atom is -0.481 e. The lowest BCUT2D eigenvalue weighted by atomic mass is 10.2. The second-order valence-corrected chi connectivity index (χ2v) is 4.36. The number of carbonyl (C=O) groups excluding carboxylic acids is 1. The van der Waals surface area contributed by atoms with Crippen molar-refractivity contribution in [2.75, 3.05) is 33.9 Å². The Labute approximate surface area is 102 Å². The summed E-state index contributed by atoms with van der Waals surface area (Å²) in [7, 11) is 3.29. The van der Waals surface area contributed by atoms with Gasteiger partial charge in [0, 0.05) is 19.7 Å². The first kappa shape index (κ1) is 15.9. The van der Waals surface area contributed by atoms with Crippen molar-refractivity contribution in [3.8, 4) is 0 Å². The van der Waals surface area contributed by atoms with Gasteiger partial charge in [0.2, 0.25) is 5.91 Å². The van der Waals surface area contributed by atoms with E-state index >= 15 is 0 Å². The maximum absolute atomic E-state index is 11.5. The van der Waals surface area contributed by atoms with Crippen molar-refractivity contribution >= 4 is 11.9 Å². The Morgan fingerprint density at radius 3 is 2.47 bits per heavy atom. The highest BCUT2D eigenvalue weighted by molar-refractivity contribution is 5.78. The summed E-state index contributed by atoms with van der Waals surface area (Å²) >= 11 is 0. The molecule has 0 rings (SSSR count). The van der Waals surface area contributed by atoms with E-state index in [1.165, 1.54) is 0 Å². The molecule has 0 aromatic heterocycles. The van der Waals surface area contributed by atoms with Crippen LogP contribution in [-0.4, -0.2) is 61.8 Å². The number of nitrogens with one attached hydrogen (secondary N) is 1. The molecule has 0 aromatic carbocycles. The summed E-state index contributed by atoms with van der Waals surface area (Å²) in [4.78, 5) is 23.9. The number of carboxylic acids is 1. The molecule has 0 radical (unpaired) electrons. The molecule has 6 heteroatoms. The number of ether oxygens (including phenoxy) is 1. The van der Waals surface area contributed by atoms with E-state index in [1.807, 2.05) is 6.92 Å². The van der Waals surface area contributed by atoms with Crippen molar-refractivity contribution in [3.05, 3.63) is 0 Å². The van der Waals surface area contributed by atoms with Crippen molar-refractivity contribution in [2.45, 2.75) is 19.9 Å². The van der Waals surface area contributed by atoms with E-state index in [-0.39, 0.29) is 18.5 Å². The highest BCUT2D eigenvalue weighted by atomic mass is 16.5. The van der Waals surface area contributed by atoms with Crippen LogP contribution in [0.15, 0.2) is 0 Å². The molecule has 0 aliphatic carbocycles. The third-order valence-electron chi connectivity index (χ3n) is 2.24. The molecule has 0 fully saturated rings. The van der Waals surface area contributed by atoms with Crippen LogP contribution in [0.3, 0.4) is 0 Å². The molecule has 0 aromatic rings. The van der Waals surface area contributed by atoms with Gasteiger partial charge in [-0.2, -0.15) is 0 Å². The molecule has 0 aliphatic heterocycles. The Bertz CT molecular complexity index is 258. The summed E-state index contributed by atoms with van der Waals surface area (Å²) < 4.78 is 4.90. The Kier molecular flexibility index (Phi) is 7.49. The molecule has 0 saturated heterocycles. The summed E-state index contributed by atoms with van der Waals surface area (Å²) in [5.74, 6) is -1.47. The molecule has 0 heterocycles. The molecule has 6 nitrogen and oxygen atoms in total. The Morgan fingerprint density at radius 2 is 2.00 bits per heavy atom. The van der Waals surface area contributed by atoms with Gasteiger partial charge in [-0.05, 0) is 14.0 Å². The van der Waals surface area contributed by atoms with E-state index < -0.39 is 11.9 Å². The molecule has 0 saturated carbocycles. The number of likely N-dealkylation sites (N-methyl/N-ethyl adjacent to an activating group) is 1. The van der Waals surface area contributed by atoms with Crippen LogP contribution < -0.4 is 5.32 Å². The predicted octanol–water partition coefficient (Wildman–Crippen LogP) is -0.210. The summed E-state index contributed by atoms with van der Waals surface area (Å²) in [6.45, 7) is 4.46. The van der Waals surface area contributed by atoms with Gasteiger partial charge in [-0.1, -0.05) is 6.92 Å². The number of methoxy groups -OCH3 is 1. The quantitative estimate of drug-likeness (QED) is 0.619. The minimum atomic E-state index is -0.856. The van der Waals surface area contributed by atoms with E-state index in [2.05, 4.69) is 5.32 Å². The van der Waals surface area contributed by atoms with Gasteiger partial charge in [-0.3, -0.25) is 14.5 Å². The standard InChI is InChI=1S/C11H22N2O4/c1-8(11(15)16)5-13(3)6-10(14)12-9(2)7-17-4/h8-9H,5-7H2,1-4H3,(H,12,14)(H,15,16). The number of hydrogen-bond acceptors (Lipinski definition) is 4. The van der Waals surface area contributed by atoms with Crippen LogP contribution in [0.2, 0.25) is 0 Å². The molecular formula is C11H22N2O4. The van der Waals surface area contributed by atoms with Gasteiger partial charge < -0.3 is 15.2 Å². The van der Waals surface area contributed by atoms with E-state index in [1.54, 1.807) is 26.0 Å². The number of amides is 1. The van der Waals surface area contributed by atoms with E-state index in [0.717, 1.165) is 0 Å². The number of carboxylic acid groups (broad SMARTS) is 1. The number of hydrogen-bond donors (Lipinski definition) is 2. The van der Waals surface area contributed by atoms with Crippen LogP contribution in [0.25, 0.3) is 0 Å².